The normalized spacial score (nSPS) is 14.2. The van der Waals surface area contributed by atoms with E-state index in [9.17, 15) is 0 Å². The van der Waals surface area contributed by atoms with Crippen LogP contribution in [0.15, 0.2) is 78.6 Å². The van der Waals surface area contributed by atoms with Crippen LogP contribution in [0.5, 0.6) is 0 Å². The smallest absolute Gasteiger partial charge is 0.218 e. The third-order valence-electron chi connectivity index (χ3n) is 4.48. The lowest BCUT2D eigenvalue weighted by atomic mass is 10.1. The highest BCUT2D eigenvalue weighted by molar-refractivity contribution is 5.83. The van der Waals surface area contributed by atoms with Gasteiger partial charge in [-0.05, 0) is 29.8 Å². The maximum Gasteiger partial charge on any atom is 0.218 e. The zero-order chi connectivity index (χ0) is 15.2. The van der Waals surface area contributed by atoms with E-state index in [1.165, 1.54) is 33.5 Å². The topological polar surface area (TPSA) is 7.12 Å². The molecule has 3 aromatic rings. The van der Waals surface area contributed by atoms with Gasteiger partial charge in [0.1, 0.15) is 0 Å². The van der Waals surface area contributed by atoms with E-state index >= 15 is 0 Å². The van der Waals surface area contributed by atoms with Gasteiger partial charge in [0, 0.05) is 23.6 Å². The Kier molecular flexibility index (Phi) is 3.58. The number of halogens is 1. The molecule has 0 saturated carbocycles. The van der Waals surface area contributed by atoms with Gasteiger partial charge in [-0.15, -0.1) is 0 Å². The summed E-state index contributed by atoms with van der Waals surface area (Å²) in [7, 11) is 0. The number of anilines is 1. The van der Waals surface area contributed by atoms with E-state index in [0.29, 0.717) is 0 Å². The first-order valence-electron chi connectivity index (χ1n) is 7.80. The summed E-state index contributed by atoms with van der Waals surface area (Å²) >= 11 is 0. The van der Waals surface area contributed by atoms with Crippen molar-refractivity contribution >= 4 is 34.9 Å². The van der Waals surface area contributed by atoms with E-state index in [1.807, 2.05) is 0 Å². The molecule has 0 fully saturated rings. The summed E-state index contributed by atoms with van der Waals surface area (Å²) in [5.74, 6) is 0. The van der Waals surface area contributed by atoms with Gasteiger partial charge in [0.05, 0.1) is 17.6 Å². The maximum absolute atomic E-state index is 2.25. The number of benzene rings is 2. The molecule has 0 N–H and O–H groups in total. The summed E-state index contributed by atoms with van der Waals surface area (Å²) in [6.45, 7) is 0. The molecule has 24 heavy (non-hydrogen) atoms. The number of para-hydroxylation sites is 2. The van der Waals surface area contributed by atoms with Crippen LogP contribution in [0.4, 0.5) is 5.69 Å². The van der Waals surface area contributed by atoms with Crippen LogP contribution in [0, 0.1) is 0 Å². The molecule has 0 saturated heterocycles. The van der Waals surface area contributed by atoms with Crippen molar-refractivity contribution in [3.8, 4) is 0 Å². The third kappa shape index (κ3) is 2.21. The Labute approximate surface area is 151 Å². The molecular weight excluding hydrogens is 360 g/mol. The molecule has 0 bridgehead atoms. The average molecular weight is 375 g/mol. The number of allylic oxidation sites excluding steroid dienone is 1. The highest BCUT2D eigenvalue weighted by atomic mass is 79.9. The number of nitrogens with zero attached hydrogens (tertiary/aromatic N) is 2. The van der Waals surface area contributed by atoms with Gasteiger partial charge in [-0.2, -0.15) is 4.57 Å². The predicted molar refractivity (Wildman–Crippen MR) is 95.4 cm³/mol. The van der Waals surface area contributed by atoms with Gasteiger partial charge in [0.25, 0.3) is 0 Å². The van der Waals surface area contributed by atoms with Gasteiger partial charge >= 0.3 is 0 Å². The number of hydrogen-bond donors (Lipinski definition) is 0. The summed E-state index contributed by atoms with van der Waals surface area (Å²) in [6.07, 6.45) is 10.9. The molecule has 2 aromatic carbocycles. The molecule has 5 rings (SSSR count). The van der Waals surface area contributed by atoms with Gasteiger partial charge in [-0.3, -0.25) is 0 Å². The second-order valence-corrected chi connectivity index (χ2v) is 5.82. The minimum Gasteiger partial charge on any atom is -1.00 e. The van der Waals surface area contributed by atoms with Crippen molar-refractivity contribution in [2.24, 2.45) is 0 Å². The van der Waals surface area contributed by atoms with Crippen LogP contribution in [-0.2, 0) is 0 Å². The Balaban J connectivity index is 0.00000146. The first-order valence-corrected chi connectivity index (χ1v) is 7.80. The highest BCUT2D eigenvalue weighted by Gasteiger charge is 2.21. The molecular formula is C21H15BrN2. The molecule has 2 aliphatic heterocycles. The fourth-order valence-corrected chi connectivity index (χ4v) is 3.34. The summed E-state index contributed by atoms with van der Waals surface area (Å²) in [6, 6.07) is 21.3. The number of fused-ring (bicyclic) bond motifs is 6. The average Bonchev–Trinajstić information content (AvgIpc) is 2.81. The molecule has 0 amide bonds. The molecule has 0 spiro atoms. The van der Waals surface area contributed by atoms with E-state index in [2.05, 4.69) is 101 Å². The van der Waals surface area contributed by atoms with E-state index in [-0.39, 0.29) is 17.0 Å². The highest BCUT2D eigenvalue weighted by Crippen LogP contribution is 2.32. The number of aromatic nitrogens is 1. The van der Waals surface area contributed by atoms with E-state index in [0.717, 1.165) is 0 Å². The lowest BCUT2D eigenvalue weighted by molar-refractivity contribution is -0.541. The molecule has 0 atom stereocenters. The molecule has 2 aliphatic rings. The summed E-state index contributed by atoms with van der Waals surface area (Å²) in [5, 5.41) is 1.25. The van der Waals surface area contributed by atoms with E-state index in [1.54, 1.807) is 0 Å². The maximum atomic E-state index is 2.25. The van der Waals surface area contributed by atoms with Crippen molar-refractivity contribution in [1.29, 1.82) is 0 Å². The number of rotatable bonds is 0. The van der Waals surface area contributed by atoms with Crippen molar-refractivity contribution in [2.45, 2.75) is 0 Å². The Morgan fingerprint density at radius 2 is 1.62 bits per heavy atom. The Hall–Kier alpha value is -2.65. The Morgan fingerprint density at radius 3 is 2.58 bits per heavy atom. The molecule has 0 aliphatic carbocycles. The monoisotopic (exact) mass is 374 g/mol. The van der Waals surface area contributed by atoms with Gasteiger partial charge in [-0.25, -0.2) is 0 Å². The van der Waals surface area contributed by atoms with E-state index in [4.69, 9.17) is 0 Å². The van der Waals surface area contributed by atoms with Crippen molar-refractivity contribution in [1.82, 2.24) is 0 Å². The Bertz CT molecular complexity index is 1030. The van der Waals surface area contributed by atoms with Gasteiger partial charge in [0.2, 0.25) is 11.2 Å². The van der Waals surface area contributed by atoms with E-state index < -0.39 is 0 Å². The number of hydrogen-bond acceptors (Lipinski definition) is 1. The van der Waals surface area contributed by atoms with Crippen LogP contribution in [0.25, 0.3) is 29.3 Å². The first-order chi connectivity index (χ1) is 11.4. The fraction of sp³-hybridized carbons (Fsp3) is 0. The summed E-state index contributed by atoms with van der Waals surface area (Å²) < 4.78 is 2.25. The van der Waals surface area contributed by atoms with Crippen LogP contribution < -0.4 is 26.4 Å². The van der Waals surface area contributed by atoms with Crippen molar-refractivity contribution in [2.75, 3.05) is 4.90 Å². The van der Waals surface area contributed by atoms with Gasteiger partial charge in [-0.1, -0.05) is 36.4 Å². The molecule has 1 aromatic heterocycles. The lowest BCUT2D eigenvalue weighted by Crippen LogP contribution is -3.00. The fourth-order valence-electron chi connectivity index (χ4n) is 3.34. The van der Waals surface area contributed by atoms with Crippen LogP contribution in [0.1, 0.15) is 11.3 Å². The molecule has 3 heterocycles. The predicted octanol–water partition coefficient (Wildman–Crippen LogP) is 1.45. The third-order valence-corrected chi connectivity index (χ3v) is 4.48. The molecule has 0 radical (unpaired) electrons. The molecule has 3 heteroatoms. The zero-order valence-corrected chi connectivity index (χ0v) is 14.5. The summed E-state index contributed by atoms with van der Waals surface area (Å²) in [5.41, 5.74) is 6.04. The van der Waals surface area contributed by atoms with Gasteiger partial charge < -0.3 is 21.9 Å². The van der Waals surface area contributed by atoms with Crippen molar-refractivity contribution in [3.05, 3.63) is 89.9 Å². The SMILES string of the molecule is C1=Cc2ccccc2N2C=C[n+]3c(ccc4ccccc43)C=C12.[Br-]. The first kappa shape index (κ1) is 14.9. The second kappa shape index (κ2) is 5.77. The Morgan fingerprint density at radius 1 is 0.792 bits per heavy atom. The minimum absolute atomic E-state index is 0. The summed E-state index contributed by atoms with van der Waals surface area (Å²) in [4.78, 5) is 2.25. The second-order valence-electron chi connectivity index (χ2n) is 5.82. The minimum atomic E-state index is 0. The molecule has 2 nitrogen and oxygen atoms in total. The largest absolute Gasteiger partial charge is 1.00 e. The van der Waals surface area contributed by atoms with Gasteiger partial charge in [0.15, 0.2) is 6.20 Å². The van der Waals surface area contributed by atoms with Crippen molar-refractivity contribution in [3.63, 3.8) is 0 Å². The van der Waals surface area contributed by atoms with Crippen molar-refractivity contribution < 1.29 is 21.5 Å². The standard InChI is InChI=1S/C21H15N2.BrH/c1-3-7-20-16(5-1)9-11-18-15-19-12-10-17-6-2-4-8-21(17)23(19)14-13-22(18)20;/h1-15H;1H/q+1;/p-1. The number of pyridine rings is 1. The quantitative estimate of drug-likeness (QED) is 0.540. The van der Waals surface area contributed by atoms with Crippen LogP contribution in [-0.4, -0.2) is 0 Å². The van der Waals surface area contributed by atoms with Crippen LogP contribution in [0.2, 0.25) is 0 Å². The molecule has 116 valence electrons. The molecule has 0 unspecified atom stereocenters. The lowest BCUT2D eigenvalue weighted by Gasteiger charge is -2.25. The zero-order valence-electron chi connectivity index (χ0n) is 12.9. The van der Waals surface area contributed by atoms with Crippen LogP contribution in [0.3, 0.4) is 0 Å². The van der Waals surface area contributed by atoms with Crippen LogP contribution >= 0.6 is 0 Å².